The van der Waals surface area contributed by atoms with Crippen molar-refractivity contribution in [1.82, 2.24) is 10.6 Å². The monoisotopic (exact) mass is 246 g/mol. The number of hydrogen-bond donors (Lipinski definition) is 2. The highest BCUT2D eigenvalue weighted by molar-refractivity contribution is 5.77. The Bertz CT molecular complexity index is 371. The Hall–Kier alpha value is -1.35. The van der Waals surface area contributed by atoms with Crippen LogP contribution in [0.1, 0.15) is 44.2 Å². The highest BCUT2D eigenvalue weighted by Gasteiger charge is 2.17. The molecule has 1 fully saturated rings. The summed E-state index contributed by atoms with van der Waals surface area (Å²) in [6.07, 6.45) is 4.18. The SMILES string of the molecule is CC(NC(=O)CC1CCCCN1)c1ccccc1. The van der Waals surface area contributed by atoms with Gasteiger partial charge in [-0.15, -0.1) is 0 Å². The largest absolute Gasteiger partial charge is 0.350 e. The van der Waals surface area contributed by atoms with E-state index in [1.54, 1.807) is 0 Å². The van der Waals surface area contributed by atoms with Gasteiger partial charge in [-0.05, 0) is 31.9 Å². The summed E-state index contributed by atoms with van der Waals surface area (Å²) >= 11 is 0. The molecule has 0 radical (unpaired) electrons. The molecule has 0 spiro atoms. The number of nitrogens with one attached hydrogen (secondary N) is 2. The lowest BCUT2D eigenvalue weighted by molar-refractivity contribution is -0.122. The standard InChI is InChI=1S/C15H22N2O/c1-12(13-7-3-2-4-8-13)17-15(18)11-14-9-5-6-10-16-14/h2-4,7-8,12,14,16H,5-6,9-11H2,1H3,(H,17,18). The molecule has 1 aromatic carbocycles. The number of rotatable bonds is 4. The van der Waals surface area contributed by atoms with E-state index in [0.717, 1.165) is 18.5 Å². The van der Waals surface area contributed by atoms with Crippen molar-refractivity contribution in [1.29, 1.82) is 0 Å². The van der Waals surface area contributed by atoms with Crippen molar-refractivity contribution in [3.05, 3.63) is 35.9 Å². The zero-order valence-corrected chi connectivity index (χ0v) is 11.0. The maximum absolute atomic E-state index is 11.9. The third-order valence-corrected chi connectivity index (χ3v) is 3.52. The molecule has 0 bridgehead atoms. The molecule has 18 heavy (non-hydrogen) atoms. The molecular weight excluding hydrogens is 224 g/mol. The minimum absolute atomic E-state index is 0.0855. The van der Waals surface area contributed by atoms with Crippen molar-refractivity contribution in [3.8, 4) is 0 Å². The first-order chi connectivity index (χ1) is 8.75. The van der Waals surface area contributed by atoms with Crippen LogP contribution in [0.5, 0.6) is 0 Å². The van der Waals surface area contributed by atoms with Crippen molar-refractivity contribution in [3.63, 3.8) is 0 Å². The molecule has 1 heterocycles. The summed E-state index contributed by atoms with van der Waals surface area (Å²) in [6, 6.07) is 10.5. The molecule has 2 N–H and O–H groups in total. The van der Waals surface area contributed by atoms with Crippen molar-refractivity contribution in [2.75, 3.05) is 6.54 Å². The fraction of sp³-hybridized carbons (Fsp3) is 0.533. The fourth-order valence-electron chi connectivity index (χ4n) is 2.45. The Kier molecular flexibility index (Phi) is 4.76. The predicted octanol–water partition coefficient (Wildman–Crippen LogP) is 2.40. The first kappa shape index (κ1) is 13.1. The molecule has 2 rings (SSSR count). The minimum atomic E-state index is 0.0855. The smallest absolute Gasteiger partial charge is 0.222 e. The lowest BCUT2D eigenvalue weighted by atomic mass is 10.0. The van der Waals surface area contributed by atoms with E-state index in [0.29, 0.717) is 12.5 Å². The molecule has 0 aliphatic carbocycles. The summed E-state index contributed by atoms with van der Waals surface area (Å²) < 4.78 is 0. The molecule has 0 saturated carbocycles. The molecule has 1 aliphatic heterocycles. The first-order valence-electron chi connectivity index (χ1n) is 6.83. The molecule has 0 aromatic heterocycles. The molecule has 2 atom stereocenters. The van der Waals surface area contributed by atoms with Crippen LogP contribution >= 0.6 is 0 Å². The molecular formula is C15H22N2O. The Morgan fingerprint density at radius 1 is 1.39 bits per heavy atom. The second-order valence-corrected chi connectivity index (χ2v) is 5.05. The Balaban J connectivity index is 1.80. The van der Waals surface area contributed by atoms with Crippen molar-refractivity contribution < 1.29 is 4.79 Å². The van der Waals surface area contributed by atoms with Gasteiger partial charge in [0.25, 0.3) is 0 Å². The van der Waals surface area contributed by atoms with Gasteiger partial charge in [-0.1, -0.05) is 36.8 Å². The average molecular weight is 246 g/mol. The highest BCUT2D eigenvalue weighted by Crippen LogP contribution is 2.13. The zero-order chi connectivity index (χ0) is 12.8. The first-order valence-corrected chi connectivity index (χ1v) is 6.83. The number of benzene rings is 1. The van der Waals surface area contributed by atoms with Crippen molar-refractivity contribution in [2.45, 2.75) is 44.7 Å². The molecule has 2 unspecified atom stereocenters. The van der Waals surface area contributed by atoms with Crippen LogP contribution in [0.3, 0.4) is 0 Å². The fourth-order valence-corrected chi connectivity index (χ4v) is 2.45. The van der Waals surface area contributed by atoms with Crippen molar-refractivity contribution in [2.24, 2.45) is 0 Å². The lowest BCUT2D eigenvalue weighted by Gasteiger charge is -2.23. The summed E-state index contributed by atoms with van der Waals surface area (Å²) in [5, 5.41) is 6.47. The van der Waals surface area contributed by atoms with E-state index in [-0.39, 0.29) is 11.9 Å². The second kappa shape index (κ2) is 6.55. The number of carbonyl (C=O) groups is 1. The third kappa shape index (κ3) is 3.84. The lowest BCUT2D eigenvalue weighted by Crippen LogP contribution is -2.39. The summed E-state index contributed by atoms with van der Waals surface area (Å²) in [5.41, 5.74) is 1.16. The van der Waals surface area contributed by atoms with E-state index in [9.17, 15) is 4.79 Å². The van der Waals surface area contributed by atoms with E-state index in [2.05, 4.69) is 10.6 Å². The molecule has 1 aromatic rings. The molecule has 1 saturated heterocycles. The molecule has 3 heteroatoms. The highest BCUT2D eigenvalue weighted by atomic mass is 16.1. The minimum Gasteiger partial charge on any atom is -0.350 e. The van der Waals surface area contributed by atoms with E-state index in [1.165, 1.54) is 12.8 Å². The molecule has 3 nitrogen and oxygen atoms in total. The Morgan fingerprint density at radius 2 is 2.17 bits per heavy atom. The van der Waals surface area contributed by atoms with Gasteiger partial charge in [0.15, 0.2) is 0 Å². The van der Waals surface area contributed by atoms with Gasteiger partial charge in [0, 0.05) is 12.5 Å². The van der Waals surface area contributed by atoms with Crippen LogP contribution in [0, 0.1) is 0 Å². The van der Waals surface area contributed by atoms with Crippen LogP contribution < -0.4 is 10.6 Å². The number of hydrogen-bond acceptors (Lipinski definition) is 2. The summed E-state index contributed by atoms with van der Waals surface area (Å²) in [5.74, 6) is 0.144. The van der Waals surface area contributed by atoms with Crippen LogP contribution in [0.15, 0.2) is 30.3 Å². The quantitative estimate of drug-likeness (QED) is 0.856. The Morgan fingerprint density at radius 3 is 2.83 bits per heavy atom. The third-order valence-electron chi connectivity index (χ3n) is 3.52. The maximum Gasteiger partial charge on any atom is 0.222 e. The Labute approximate surface area is 109 Å². The van der Waals surface area contributed by atoms with Gasteiger partial charge in [-0.25, -0.2) is 0 Å². The maximum atomic E-state index is 11.9. The zero-order valence-electron chi connectivity index (χ0n) is 11.0. The van der Waals surface area contributed by atoms with Gasteiger partial charge < -0.3 is 10.6 Å². The van der Waals surface area contributed by atoms with Crippen LogP contribution in [0.4, 0.5) is 0 Å². The molecule has 98 valence electrons. The van der Waals surface area contributed by atoms with Gasteiger partial charge in [-0.3, -0.25) is 4.79 Å². The van der Waals surface area contributed by atoms with Crippen LogP contribution in [-0.4, -0.2) is 18.5 Å². The van der Waals surface area contributed by atoms with Crippen LogP contribution in [-0.2, 0) is 4.79 Å². The molecule has 1 amide bonds. The van der Waals surface area contributed by atoms with E-state index >= 15 is 0 Å². The molecule has 1 aliphatic rings. The van der Waals surface area contributed by atoms with Gasteiger partial charge in [0.05, 0.1) is 6.04 Å². The van der Waals surface area contributed by atoms with Gasteiger partial charge in [0.1, 0.15) is 0 Å². The number of carbonyl (C=O) groups excluding carboxylic acids is 1. The predicted molar refractivity (Wildman–Crippen MR) is 73.3 cm³/mol. The van der Waals surface area contributed by atoms with Gasteiger partial charge in [0.2, 0.25) is 5.91 Å². The topological polar surface area (TPSA) is 41.1 Å². The number of piperidine rings is 1. The van der Waals surface area contributed by atoms with E-state index in [1.807, 2.05) is 37.3 Å². The van der Waals surface area contributed by atoms with E-state index < -0.39 is 0 Å². The second-order valence-electron chi connectivity index (χ2n) is 5.05. The average Bonchev–Trinajstić information content (AvgIpc) is 2.40. The van der Waals surface area contributed by atoms with Gasteiger partial charge in [-0.2, -0.15) is 0 Å². The normalized spacial score (nSPS) is 21.3. The van der Waals surface area contributed by atoms with Crippen LogP contribution in [0.2, 0.25) is 0 Å². The summed E-state index contributed by atoms with van der Waals surface area (Å²) in [7, 11) is 0. The van der Waals surface area contributed by atoms with Crippen molar-refractivity contribution >= 4 is 5.91 Å². The van der Waals surface area contributed by atoms with Crippen LogP contribution in [0.25, 0.3) is 0 Å². The van der Waals surface area contributed by atoms with Gasteiger partial charge >= 0.3 is 0 Å². The summed E-state index contributed by atoms with van der Waals surface area (Å²) in [4.78, 5) is 11.9. The van der Waals surface area contributed by atoms with E-state index in [4.69, 9.17) is 0 Å². The number of amides is 1. The summed E-state index contributed by atoms with van der Waals surface area (Å²) in [6.45, 7) is 3.08.